The number of hydrogen-bond acceptors (Lipinski definition) is 8. The van der Waals surface area contributed by atoms with E-state index in [2.05, 4.69) is 16.0 Å². The van der Waals surface area contributed by atoms with Gasteiger partial charge in [0.05, 0.1) is 19.1 Å². The molecular weight excluding hydrogens is 468 g/mol. The number of rotatable bonds is 15. The number of aliphatic carboxylic acids is 3. The lowest BCUT2D eigenvalue weighted by atomic mass is 10.0. The molecule has 9 N–H and O–H groups in total. The summed E-state index contributed by atoms with van der Waals surface area (Å²) in [5.41, 5.74) is 6.15. The number of carbonyl (C=O) groups is 6. The molecule has 0 aromatic heterocycles. The smallest absolute Gasteiger partial charge is 0.326 e. The molecule has 3 amide bonds. The zero-order valence-corrected chi connectivity index (χ0v) is 18.5. The Hall–Kier alpha value is -4.04. The lowest BCUT2D eigenvalue weighted by Crippen LogP contribution is -2.58. The highest BCUT2D eigenvalue weighted by Gasteiger charge is 2.31. The van der Waals surface area contributed by atoms with Crippen molar-refractivity contribution in [1.82, 2.24) is 16.0 Å². The normalized spacial score (nSPS) is 14.0. The van der Waals surface area contributed by atoms with E-state index in [1.165, 1.54) is 0 Å². The van der Waals surface area contributed by atoms with Crippen molar-refractivity contribution in [2.75, 3.05) is 6.61 Å². The fourth-order valence-corrected chi connectivity index (χ4v) is 2.86. The van der Waals surface area contributed by atoms with E-state index in [1.54, 1.807) is 30.3 Å². The van der Waals surface area contributed by atoms with Crippen molar-refractivity contribution < 1.29 is 49.2 Å². The number of carboxylic acids is 3. The average Bonchev–Trinajstić information content (AvgIpc) is 2.79. The van der Waals surface area contributed by atoms with Crippen LogP contribution in [0.4, 0.5) is 0 Å². The van der Waals surface area contributed by atoms with Crippen LogP contribution in [-0.2, 0) is 35.2 Å². The second-order valence-electron chi connectivity index (χ2n) is 7.53. The maximum Gasteiger partial charge on any atom is 0.326 e. The predicted molar refractivity (Wildman–Crippen MR) is 118 cm³/mol. The molecule has 1 aromatic carbocycles. The van der Waals surface area contributed by atoms with E-state index in [0.29, 0.717) is 5.56 Å². The van der Waals surface area contributed by atoms with Gasteiger partial charge in [-0.1, -0.05) is 30.3 Å². The van der Waals surface area contributed by atoms with Gasteiger partial charge in [-0.15, -0.1) is 0 Å². The lowest BCUT2D eigenvalue weighted by Gasteiger charge is -2.24. The van der Waals surface area contributed by atoms with Crippen LogP contribution >= 0.6 is 0 Å². The van der Waals surface area contributed by atoms with Gasteiger partial charge in [-0.2, -0.15) is 0 Å². The maximum atomic E-state index is 12.8. The zero-order valence-electron chi connectivity index (χ0n) is 18.5. The fourth-order valence-electron chi connectivity index (χ4n) is 2.86. The van der Waals surface area contributed by atoms with Crippen LogP contribution in [0.1, 0.15) is 24.8 Å². The number of carboxylic acid groups (broad SMARTS) is 3. The first-order valence-electron chi connectivity index (χ1n) is 10.4. The molecule has 0 spiro atoms. The van der Waals surface area contributed by atoms with Crippen molar-refractivity contribution in [2.24, 2.45) is 5.73 Å². The Morgan fingerprint density at radius 2 is 1.31 bits per heavy atom. The molecule has 14 nitrogen and oxygen atoms in total. The second-order valence-corrected chi connectivity index (χ2v) is 7.53. The number of nitrogens with one attached hydrogen (secondary N) is 3. The monoisotopic (exact) mass is 496 g/mol. The quantitative estimate of drug-likeness (QED) is 0.125. The molecule has 0 bridgehead atoms. The molecule has 0 fully saturated rings. The molecule has 0 radical (unpaired) electrons. The third-order valence-corrected chi connectivity index (χ3v) is 4.73. The molecule has 0 saturated heterocycles. The minimum atomic E-state index is -1.77. The number of aliphatic hydroxyl groups excluding tert-OH is 1. The summed E-state index contributed by atoms with van der Waals surface area (Å²) in [5, 5.41) is 42.8. The second kappa shape index (κ2) is 14.3. The van der Waals surface area contributed by atoms with Gasteiger partial charge >= 0.3 is 17.9 Å². The Kier molecular flexibility index (Phi) is 11.8. The summed E-state index contributed by atoms with van der Waals surface area (Å²) in [6.07, 6.45) is -1.65. The van der Waals surface area contributed by atoms with Crippen LogP contribution in [0.15, 0.2) is 30.3 Å². The summed E-state index contributed by atoms with van der Waals surface area (Å²) in [6.45, 7) is -0.889. The van der Waals surface area contributed by atoms with E-state index in [-0.39, 0.29) is 12.8 Å². The Balaban J connectivity index is 2.99. The Labute approximate surface area is 199 Å². The number of amides is 3. The predicted octanol–water partition coefficient (Wildman–Crippen LogP) is -2.57. The first-order chi connectivity index (χ1) is 16.4. The highest BCUT2D eigenvalue weighted by atomic mass is 16.4. The van der Waals surface area contributed by atoms with Crippen LogP contribution in [-0.4, -0.2) is 86.8 Å². The molecule has 0 saturated carbocycles. The Morgan fingerprint density at radius 3 is 1.83 bits per heavy atom. The number of aliphatic hydroxyl groups is 1. The highest BCUT2D eigenvalue weighted by Crippen LogP contribution is 2.06. The van der Waals surface area contributed by atoms with E-state index in [9.17, 15) is 39.0 Å². The van der Waals surface area contributed by atoms with Gasteiger partial charge in [0.1, 0.15) is 18.1 Å². The number of hydrogen-bond donors (Lipinski definition) is 8. The highest BCUT2D eigenvalue weighted by molar-refractivity contribution is 5.94. The van der Waals surface area contributed by atoms with Gasteiger partial charge in [-0.3, -0.25) is 24.0 Å². The van der Waals surface area contributed by atoms with Gasteiger partial charge in [-0.05, 0) is 12.0 Å². The molecule has 0 aliphatic rings. The van der Waals surface area contributed by atoms with Crippen LogP contribution < -0.4 is 21.7 Å². The molecule has 35 heavy (non-hydrogen) atoms. The topological polar surface area (TPSA) is 245 Å². The van der Waals surface area contributed by atoms with Crippen LogP contribution in [0, 0.1) is 0 Å². The van der Waals surface area contributed by atoms with Gasteiger partial charge in [0, 0.05) is 12.8 Å². The van der Waals surface area contributed by atoms with Crippen molar-refractivity contribution in [3.8, 4) is 0 Å². The molecule has 4 atom stereocenters. The molecule has 14 heteroatoms. The Morgan fingerprint density at radius 1 is 0.771 bits per heavy atom. The standard InChI is InChI=1S/C21H28N4O10/c22-12(6-7-16(27)28)18(31)25-15(10-26)20(33)23-13(8-11-4-2-1-3-5-11)19(32)24-14(21(34)35)9-17(29)30/h1-5,12-15,26H,6-10,22H2,(H,23,33)(H,24,32)(H,25,31)(H,27,28)(H,29,30)(H,34,35). The average molecular weight is 496 g/mol. The third kappa shape index (κ3) is 10.6. The molecule has 1 rings (SSSR count). The van der Waals surface area contributed by atoms with E-state index in [4.69, 9.17) is 15.9 Å². The number of nitrogens with two attached hydrogens (primary N) is 1. The van der Waals surface area contributed by atoms with E-state index >= 15 is 0 Å². The van der Waals surface area contributed by atoms with E-state index < -0.39 is 79.2 Å². The molecule has 1 aromatic rings. The van der Waals surface area contributed by atoms with Gasteiger partial charge in [-0.25, -0.2) is 4.79 Å². The van der Waals surface area contributed by atoms with Gasteiger partial charge in [0.15, 0.2) is 0 Å². The van der Waals surface area contributed by atoms with Crippen molar-refractivity contribution in [1.29, 1.82) is 0 Å². The summed E-state index contributed by atoms with van der Waals surface area (Å²) in [6, 6.07) is 2.29. The first kappa shape index (κ1) is 29.0. The van der Waals surface area contributed by atoms with Crippen molar-refractivity contribution in [2.45, 2.75) is 49.9 Å². The van der Waals surface area contributed by atoms with Crippen LogP contribution in [0.25, 0.3) is 0 Å². The van der Waals surface area contributed by atoms with Crippen LogP contribution in [0.2, 0.25) is 0 Å². The first-order valence-corrected chi connectivity index (χ1v) is 10.4. The summed E-state index contributed by atoms with van der Waals surface area (Å²) in [4.78, 5) is 70.4. The van der Waals surface area contributed by atoms with Gasteiger partial charge in [0.25, 0.3) is 0 Å². The molecule has 0 aliphatic heterocycles. The summed E-state index contributed by atoms with van der Waals surface area (Å²) < 4.78 is 0. The molecular formula is C21H28N4O10. The van der Waals surface area contributed by atoms with Gasteiger partial charge in [0.2, 0.25) is 17.7 Å². The van der Waals surface area contributed by atoms with Gasteiger partial charge < -0.3 is 42.1 Å². The summed E-state index contributed by atoms with van der Waals surface area (Å²) >= 11 is 0. The maximum absolute atomic E-state index is 12.8. The SMILES string of the molecule is NC(CCC(=O)O)C(=O)NC(CO)C(=O)NC(Cc1ccccc1)C(=O)NC(CC(=O)O)C(=O)O. The molecule has 0 heterocycles. The molecule has 4 unspecified atom stereocenters. The van der Waals surface area contributed by atoms with Crippen LogP contribution in [0.3, 0.4) is 0 Å². The van der Waals surface area contributed by atoms with Crippen molar-refractivity contribution >= 4 is 35.6 Å². The molecule has 192 valence electrons. The Bertz CT molecular complexity index is 924. The van der Waals surface area contributed by atoms with Crippen molar-refractivity contribution in [3.63, 3.8) is 0 Å². The number of carbonyl (C=O) groups excluding carboxylic acids is 3. The third-order valence-electron chi connectivity index (χ3n) is 4.73. The largest absolute Gasteiger partial charge is 0.481 e. The summed E-state index contributed by atoms with van der Waals surface area (Å²) in [5.74, 6) is -7.16. The minimum absolute atomic E-state index is 0.123. The van der Waals surface area contributed by atoms with Crippen LogP contribution in [0.5, 0.6) is 0 Å². The number of benzene rings is 1. The molecule has 0 aliphatic carbocycles. The van der Waals surface area contributed by atoms with E-state index in [0.717, 1.165) is 0 Å². The minimum Gasteiger partial charge on any atom is -0.481 e. The van der Waals surface area contributed by atoms with Crippen molar-refractivity contribution in [3.05, 3.63) is 35.9 Å². The van der Waals surface area contributed by atoms with E-state index in [1.807, 2.05) is 0 Å². The lowest BCUT2D eigenvalue weighted by molar-refractivity contribution is -0.147. The zero-order chi connectivity index (χ0) is 26.5. The fraction of sp³-hybridized carbons (Fsp3) is 0.429. The summed E-state index contributed by atoms with van der Waals surface area (Å²) in [7, 11) is 0.